The summed E-state index contributed by atoms with van der Waals surface area (Å²) >= 11 is 0. The highest BCUT2D eigenvalue weighted by molar-refractivity contribution is 6.01. The second-order valence-corrected chi connectivity index (χ2v) is 7.14. The van der Waals surface area contributed by atoms with Crippen molar-refractivity contribution in [3.63, 3.8) is 0 Å². The molecule has 29 heavy (non-hydrogen) atoms. The lowest BCUT2D eigenvalue weighted by atomic mass is 10.1. The number of aromatic nitrogens is 2. The Morgan fingerprint density at radius 1 is 1.03 bits per heavy atom. The molecule has 3 rings (SSSR count). The number of aryl methyl sites for hydroxylation is 2. The van der Waals surface area contributed by atoms with Gasteiger partial charge in [-0.3, -0.25) is 9.59 Å². The second kappa shape index (κ2) is 8.31. The summed E-state index contributed by atoms with van der Waals surface area (Å²) in [6, 6.07) is 13.3. The monoisotopic (exact) mass is 392 g/mol. The van der Waals surface area contributed by atoms with Gasteiger partial charge in [0.05, 0.1) is 0 Å². The van der Waals surface area contributed by atoms with Gasteiger partial charge in [-0.2, -0.15) is 0 Å². The maximum atomic E-state index is 12.7. The molecule has 0 fully saturated rings. The molecule has 0 radical (unpaired) electrons. The van der Waals surface area contributed by atoms with Crippen molar-refractivity contribution in [1.29, 1.82) is 0 Å². The molecule has 0 saturated carbocycles. The first-order valence-electron chi connectivity index (χ1n) is 9.36. The summed E-state index contributed by atoms with van der Waals surface area (Å²) in [6.45, 7) is 5.59. The zero-order valence-electron chi connectivity index (χ0n) is 17.1. The fourth-order valence-corrected chi connectivity index (χ4v) is 3.34. The number of carbonyl (C=O) groups excluding carboxylic acids is 3. The molecule has 6 nitrogen and oxygen atoms in total. The number of benzene rings is 1. The van der Waals surface area contributed by atoms with Crippen molar-refractivity contribution in [1.82, 2.24) is 9.13 Å². The third-order valence-electron chi connectivity index (χ3n) is 5.01. The number of carbonyl (C=O) groups is 3. The maximum absolute atomic E-state index is 12.7. The zero-order chi connectivity index (χ0) is 21.1. The molecule has 2 heterocycles. The predicted molar refractivity (Wildman–Crippen MR) is 109 cm³/mol. The normalized spacial score (nSPS) is 10.8. The number of hydrogen-bond acceptors (Lipinski definition) is 4. The Morgan fingerprint density at radius 3 is 2.34 bits per heavy atom. The Balaban J connectivity index is 1.70. The highest BCUT2D eigenvalue weighted by Gasteiger charge is 2.20. The van der Waals surface area contributed by atoms with E-state index >= 15 is 0 Å². The molecule has 0 bridgehead atoms. The predicted octanol–water partition coefficient (Wildman–Crippen LogP) is 3.73. The fourth-order valence-electron chi connectivity index (χ4n) is 3.34. The van der Waals surface area contributed by atoms with Gasteiger partial charge < -0.3 is 13.9 Å². The van der Waals surface area contributed by atoms with Crippen LogP contribution in [0, 0.1) is 13.8 Å². The summed E-state index contributed by atoms with van der Waals surface area (Å²) in [7, 11) is 1.65. The average molecular weight is 392 g/mol. The van der Waals surface area contributed by atoms with Crippen LogP contribution in [-0.4, -0.2) is 33.3 Å². The molecule has 0 saturated heterocycles. The molecule has 6 heteroatoms. The first kappa shape index (κ1) is 20.3. The summed E-state index contributed by atoms with van der Waals surface area (Å²) in [5.41, 5.74) is 4.15. The molecule has 2 aromatic heterocycles. The van der Waals surface area contributed by atoms with Crippen molar-refractivity contribution in [2.45, 2.75) is 27.3 Å². The summed E-state index contributed by atoms with van der Waals surface area (Å²) in [4.78, 5) is 36.5. The molecule has 0 spiro atoms. The maximum Gasteiger partial charge on any atom is 0.355 e. The lowest BCUT2D eigenvalue weighted by molar-refractivity contribution is 0.0465. The van der Waals surface area contributed by atoms with E-state index in [2.05, 4.69) is 4.57 Å². The topological polar surface area (TPSA) is 70.3 Å². The van der Waals surface area contributed by atoms with Gasteiger partial charge in [-0.1, -0.05) is 30.3 Å². The molecule has 0 atom stereocenters. The highest BCUT2D eigenvalue weighted by Crippen LogP contribution is 2.18. The van der Waals surface area contributed by atoms with E-state index in [9.17, 15) is 14.4 Å². The highest BCUT2D eigenvalue weighted by atomic mass is 16.5. The number of ether oxygens (including phenoxy) is 1. The average Bonchev–Trinajstić information content (AvgIpc) is 3.22. The van der Waals surface area contributed by atoms with Gasteiger partial charge in [-0.25, -0.2) is 4.79 Å². The lowest BCUT2D eigenvalue weighted by Crippen LogP contribution is -2.17. The van der Waals surface area contributed by atoms with Crippen molar-refractivity contribution >= 4 is 17.5 Å². The smallest absolute Gasteiger partial charge is 0.355 e. The van der Waals surface area contributed by atoms with E-state index < -0.39 is 5.97 Å². The zero-order valence-corrected chi connectivity index (χ0v) is 17.1. The van der Waals surface area contributed by atoms with Crippen molar-refractivity contribution in [2.75, 3.05) is 6.61 Å². The Kier molecular flexibility index (Phi) is 5.82. The lowest BCUT2D eigenvalue weighted by Gasteiger charge is -2.10. The molecule has 0 unspecified atom stereocenters. The number of ketones is 2. The molecule has 0 amide bonds. The quantitative estimate of drug-likeness (QED) is 0.454. The van der Waals surface area contributed by atoms with Crippen LogP contribution >= 0.6 is 0 Å². The van der Waals surface area contributed by atoms with Crippen molar-refractivity contribution < 1.29 is 19.1 Å². The summed E-state index contributed by atoms with van der Waals surface area (Å²) in [6.07, 6.45) is 1.57. The Morgan fingerprint density at radius 2 is 1.72 bits per heavy atom. The number of hydrogen-bond donors (Lipinski definition) is 0. The standard InChI is InChI=1S/C23H24N2O4/c1-15-10-20(16(2)25(15)12-18-8-6-5-7-9-18)22(27)14-29-23(28)21-11-19(17(3)26)13-24(21)4/h5-11,13H,12,14H2,1-4H3. The van der Waals surface area contributed by atoms with Crippen molar-refractivity contribution in [2.24, 2.45) is 7.05 Å². The van der Waals surface area contributed by atoms with E-state index in [0.717, 1.165) is 17.0 Å². The number of Topliss-reactive ketones (excluding diaryl/α,β-unsaturated/α-hetero) is 2. The summed E-state index contributed by atoms with van der Waals surface area (Å²) in [5.74, 6) is -1.03. The third-order valence-corrected chi connectivity index (χ3v) is 5.01. The third kappa shape index (κ3) is 4.37. The van der Waals surface area contributed by atoms with Crippen LogP contribution in [0.5, 0.6) is 0 Å². The van der Waals surface area contributed by atoms with Crippen LogP contribution in [-0.2, 0) is 18.3 Å². The van der Waals surface area contributed by atoms with E-state index in [-0.39, 0.29) is 23.9 Å². The number of nitrogens with zero attached hydrogens (tertiary/aromatic N) is 2. The fraction of sp³-hybridized carbons (Fsp3) is 0.261. The SMILES string of the molecule is CC(=O)c1cc(C(=O)OCC(=O)c2cc(C)n(Cc3ccccc3)c2C)n(C)c1. The van der Waals surface area contributed by atoms with Gasteiger partial charge in [-0.05, 0) is 38.5 Å². The first-order valence-corrected chi connectivity index (χ1v) is 9.36. The van der Waals surface area contributed by atoms with Crippen LogP contribution in [0.1, 0.15) is 55.1 Å². The summed E-state index contributed by atoms with van der Waals surface area (Å²) in [5, 5.41) is 0. The minimum atomic E-state index is -0.633. The minimum absolute atomic E-state index is 0.137. The largest absolute Gasteiger partial charge is 0.453 e. The number of esters is 1. The minimum Gasteiger partial charge on any atom is -0.453 e. The van der Waals surface area contributed by atoms with Gasteiger partial charge in [-0.15, -0.1) is 0 Å². The second-order valence-electron chi connectivity index (χ2n) is 7.14. The van der Waals surface area contributed by atoms with Gasteiger partial charge in [0.2, 0.25) is 5.78 Å². The number of rotatable bonds is 7. The van der Waals surface area contributed by atoms with Gasteiger partial charge in [0, 0.05) is 42.3 Å². The molecule has 3 aromatic rings. The van der Waals surface area contributed by atoms with Crippen LogP contribution < -0.4 is 0 Å². The van der Waals surface area contributed by atoms with Crippen LogP contribution in [0.2, 0.25) is 0 Å². The molecular weight excluding hydrogens is 368 g/mol. The van der Waals surface area contributed by atoms with Gasteiger partial charge in [0.1, 0.15) is 5.69 Å². The van der Waals surface area contributed by atoms with E-state index in [0.29, 0.717) is 17.7 Å². The van der Waals surface area contributed by atoms with Crippen LogP contribution in [0.15, 0.2) is 48.7 Å². The first-order chi connectivity index (χ1) is 13.8. The van der Waals surface area contributed by atoms with Crippen molar-refractivity contribution in [3.05, 3.63) is 82.4 Å². The van der Waals surface area contributed by atoms with Crippen LogP contribution in [0.25, 0.3) is 0 Å². The van der Waals surface area contributed by atoms with Crippen LogP contribution in [0.3, 0.4) is 0 Å². The molecule has 0 aliphatic carbocycles. The molecular formula is C23H24N2O4. The Hall–Kier alpha value is -3.41. The molecule has 0 aliphatic heterocycles. The molecule has 150 valence electrons. The molecule has 1 aromatic carbocycles. The van der Waals surface area contributed by atoms with E-state index in [4.69, 9.17) is 4.74 Å². The molecule has 0 aliphatic rings. The van der Waals surface area contributed by atoms with Crippen molar-refractivity contribution in [3.8, 4) is 0 Å². The van der Waals surface area contributed by atoms with Crippen LogP contribution in [0.4, 0.5) is 0 Å². The van der Waals surface area contributed by atoms with Gasteiger partial charge in [0.15, 0.2) is 12.4 Å². The molecule has 0 N–H and O–H groups in total. The Labute approximate surface area is 169 Å². The van der Waals surface area contributed by atoms with E-state index in [1.165, 1.54) is 17.6 Å². The van der Waals surface area contributed by atoms with E-state index in [1.807, 2.05) is 50.2 Å². The summed E-state index contributed by atoms with van der Waals surface area (Å²) < 4.78 is 8.80. The van der Waals surface area contributed by atoms with Gasteiger partial charge in [0.25, 0.3) is 0 Å². The van der Waals surface area contributed by atoms with E-state index in [1.54, 1.807) is 13.2 Å². The Bertz CT molecular complexity index is 1070. The van der Waals surface area contributed by atoms with Gasteiger partial charge >= 0.3 is 5.97 Å².